The van der Waals surface area contributed by atoms with Crippen molar-refractivity contribution in [1.29, 1.82) is 0 Å². The van der Waals surface area contributed by atoms with Crippen molar-refractivity contribution in [2.75, 3.05) is 13.6 Å². The largest absolute Gasteiger partial charge is 0.300 e. The predicted octanol–water partition coefficient (Wildman–Crippen LogP) is 1.66. The van der Waals surface area contributed by atoms with Gasteiger partial charge in [0.2, 0.25) is 0 Å². The Morgan fingerprint density at radius 3 is 2.67 bits per heavy atom. The van der Waals surface area contributed by atoms with Gasteiger partial charge in [-0.2, -0.15) is 10.2 Å². The highest BCUT2D eigenvalue weighted by molar-refractivity contribution is 5.22. The summed E-state index contributed by atoms with van der Waals surface area (Å²) in [4.78, 5) is 2.29. The molecule has 0 unspecified atom stereocenters. The molecule has 0 radical (unpaired) electrons. The third-order valence-electron chi connectivity index (χ3n) is 3.19. The van der Waals surface area contributed by atoms with Crippen molar-refractivity contribution in [3.05, 3.63) is 34.9 Å². The summed E-state index contributed by atoms with van der Waals surface area (Å²) in [7, 11) is 2.13. The van der Waals surface area contributed by atoms with Crippen LogP contribution in [0.5, 0.6) is 0 Å². The second-order valence-electron chi connectivity index (χ2n) is 4.87. The van der Waals surface area contributed by atoms with Gasteiger partial charge in [0.05, 0.1) is 17.9 Å². The maximum Gasteiger partial charge on any atom is 0.0639 e. The van der Waals surface area contributed by atoms with Crippen molar-refractivity contribution >= 4 is 0 Å². The molecule has 0 saturated carbocycles. The van der Waals surface area contributed by atoms with Crippen LogP contribution in [0.3, 0.4) is 0 Å². The quantitative estimate of drug-likeness (QED) is 0.874. The molecule has 2 aromatic rings. The van der Waals surface area contributed by atoms with Gasteiger partial charge in [0, 0.05) is 30.5 Å². The summed E-state index contributed by atoms with van der Waals surface area (Å²) in [5, 5.41) is 11.6. The molecule has 0 bridgehead atoms. The van der Waals surface area contributed by atoms with Crippen molar-refractivity contribution in [2.45, 2.75) is 33.9 Å². The number of likely N-dealkylation sites (N-methyl/N-ethyl adjacent to an activating group) is 1. The van der Waals surface area contributed by atoms with Crippen LogP contribution in [0.25, 0.3) is 0 Å². The lowest BCUT2D eigenvalue weighted by Gasteiger charge is -2.16. The smallest absolute Gasteiger partial charge is 0.0639 e. The molecular formula is C13H21N5. The molecule has 0 aromatic carbocycles. The minimum absolute atomic E-state index is 0.917. The molecule has 2 aromatic heterocycles. The van der Waals surface area contributed by atoms with Gasteiger partial charge >= 0.3 is 0 Å². The summed E-state index contributed by atoms with van der Waals surface area (Å²) in [6.07, 6.45) is 2.03. The van der Waals surface area contributed by atoms with E-state index >= 15 is 0 Å². The minimum atomic E-state index is 0.917. The van der Waals surface area contributed by atoms with Crippen LogP contribution in [0.15, 0.2) is 12.3 Å². The Kier molecular flexibility index (Phi) is 3.81. The van der Waals surface area contributed by atoms with E-state index in [-0.39, 0.29) is 0 Å². The maximum absolute atomic E-state index is 4.39. The van der Waals surface area contributed by atoms with Gasteiger partial charge in [-0.1, -0.05) is 0 Å². The molecule has 5 heteroatoms. The summed E-state index contributed by atoms with van der Waals surface area (Å²) in [5.41, 5.74) is 4.62. The molecule has 0 saturated heterocycles. The summed E-state index contributed by atoms with van der Waals surface area (Å²) >= 11 is 0. The van der Waals surface area contributed by atoms with Crippen LogP contribution < -0.4 is 0 Å². The Bertz CT molecular complexity index is 492. The van der Waals surface area contributed by atoms with Gasteiger partial charge in [-0.25, -0.2) is 0 Å². The molecular weight excluding hydrogens is 226 g/mol. The normalized spacial score (nSPS) is 11.4. The molecule has 0 aliphatic carbocycles. The zero-order valence-electron chi connectivity index (χ0n) is 11.6. The zero-order chi connectivity index (χ0) is 13.1. The molecule has 0 amide bonds. The van der Waals surface area contributed by atoms with Crippen LogP contribution in [-0.2, 0) is 13.1 Å². The number of hydrogen-bond acceptors (Lipinski definition) is 3. The lowest BCUT2D eigenvalue weighted by atomic mass is 10.2. The molecule has 5 nitrogen and oxygen atoms in total. The topological polar surface area (TPSA) is 49.7 Å². The number of rotatable bonds is 5. The van der Waals surface area contributed by atoms with E-state index in [4.69, 9.17) is 0 Å². The Balaban J connectivity index is 1.87. The van der Waals surface area contributed by atoms with E-state index in [9.17, 15) is 0 Å². The average Bonchev–Trinajstić information content (AvgIpc) is 2.87. The van der Waals surface area contributed by atoms with Crippen LogP contribution in [0.4, 0.5) is 0 Å². The average molecular weight is 247 g/mol. The first kappa shape index (κ1) is 12.8. The van der Waals surface area contributed by atoms with Gasteiger partial charge in [0.25, 0.3) is 0 Å². The minimum Gasteiger partial charge on any atom is -0.300 e. The van der Waals surface area contributed by atoms with Crippen LogP contribution in [0.2, 0.25) is 0 Å². The first-order valence-corrected chi connectivity index (χ1v) is 6.25. The predicted molar refractivity (Wildman–Crippen MR) is 71.4 cm³/mol. The Hall–Kier alpha value is -1.62. The van der Waals surface area contributed by atoms with E-state index in [1.165, 1.54) is 5.56 Å². The van der Waals surface area contributed by atoms with Crippen molar-refractivity contribution in [1.82, 2.24) is 24.9 Å². The van der Waals surface area contributed by atoms with Gasteiger partial charge in [-0.15, -0.1) is 0 Å². The number of aromatic amines is 1. The highest BCUT2D eigenvalue weighted by Gasteiger charge is 2.09. The summed E-state index contributed by atoms with van der Waals surface area (Å²) in [6, 6.07) is 2.03. The third-order valence-corrected chi connectivity index (χ3v) is 3.19. The van der Waals surface area contributed by atoms with Gasteiger partial charge in [-0.05, 0) is 33.9 Å². The summed E-state index contributed by atoms with van der Waals surface area (Å²) in [6.45, 7) is 8.95. The molecule has 1 N–H and O–H groups in total. The number of hydrogen-bond donors (Lipinski definition) is 1. The lowest BCUT2D eigenvalue weighted by molar-refractivity contribution is 0.304. The zero-order valence-corrected chi connectivity index (χ0v) is 11.6. The van der Waals surface area contributed by atoms with E-state index in [0.717, 1.165) is 36.7 Å². The second kappa shape index (κ2) is 5.35. The molecule has 0 aliphatic heterocycles. The number of aromatic nitrogens is 4. The third kappa shape index (κ3) is 2.98. The Labute approximate surface area is 108 Å². The van der Waals surface area contributed by atoms with Crippen molar-refractivity contribution in [3.63, 3.8) is 0 Å². The van der Waals surface area contributed by atoms with Crippen molar-refractivity contribution in [3.8, 4) is 0 Å². The first-order valence-electron chi connectivity index (χ1n) is 6.25. The molecule has 2 rings (SSSR count). The molecule has 0 spiro atoms. The second-order valence-corrected chi connectivity index (χ2v) is 4.87. The molecule has 0 fully saturated rings. The summed E-state index contributed by atoms with van der Waals surface area (Å²) in [5.74, 6) is 0. The number of nitrogens with one attached hydrogen (secondary N) is 1. The standard InChI is InChI=1S/C13H21N5/c1-10-5-6-18(16-10)8-7-17(4)9-13-11(2)14-15-12(13)3/h5-6H,7-9H2,1-4H3,(H,14,15). The maximum atomic E-state index is 4.39. The fraction of sp³-hybridized carbons (Fsp3) is 0.538. The Morgan fingerprint density at radius 2 is 2.11 bits per heavy atom. The highest BCUT2D eigenvalue weighted by Crippen LogP contribution is 2.11. The molecule has 2 heterocycles. The highest BCUT2D eigenvalue weighted by atomic mass is 15.3. The summed E-state index contributed by atoms with van der Waals surface area (Å²) < 4.78 is 1.99. The van der Waals surface area contributed by atoms with E-state index < -0.39 is 0 Å². The van der Waals surface area contributed by atoms with E-state index in [2.05, 4.69) is 34.2 Å². The van der Waals surface area contributed by atoms with Crippen LogP contribution in [0.1, 0.15) is 22.6 Å². The van der Waals surface area contributed by atoms with Crippen LogP contribution in [-0.4, -0.2) is 38.5 Å². The van der Waals surface area contributed by atoms with Crippen LogP contribution in [0, 0.1) is 20.8 Å². The number of nitrogens with zero attached hydrogens (tertiary/aromatic N) is 4. The fourth-order valence-electron chi connectivity index (χ4n) is 2.02. The van der Waals surface area contributed by atoms with Gasteiger partial charge in [-0.3, -0.25) is 9.78 Å². The first-order chi connectivity index (χ1) is 8.56. The Morgan fingerprint density at radius 1 is 1.33 bits per heavy atom. The lowest BCUT2D eigenvalue weighted by Crippen LogP contribution is -2.23. The van der Waals surface area contributed by atoms with Gasteiger partial charge in [0.15, 0.2) is 0 Å². The van der Waals surface area contributed by atoms with Crippen molar-refractivity contribution in [2.24, 2.45) is 0 Å². The molecule has 0 atom stereocenters. The van der Waals surface area contributed by atoms with E-state index in [1.54, 1.807) is 0 Å². The molecule has 18 heavy (non-hydrogen) atoms. The molecule has 98 valence electrons. The number of aryl methyl sites for hydroxylation is 3. The number of H-pyrrole nitrogens is 1. The SMILES string of the molecule is Cc1ccn(CCN(C)Cc2c(C)n[nH]c2C)n1. The van der Waals surface area contributed by atoms with Crippen molar-refractivity contribution < 1.29 is 0 Å². The molecule has 0 aliphatic rings. The van der Waals surface area contributed by atoms with E-state index in [0.29, 0.717) is 0 Å². The fourth-order valence-corrected chi connectivity index (χ4v) is 2.02. The van der Waals surface area contributed by atoms with Gasteiger partial charge in [0.1, 0.15) is 0 Å². The monoisotopic (exact) mass is 247 g/mol. The van der Waals surface area contributed by atoms with E-state index in [1.807, 2.05) is 30.8 Å². The van der Waals surface area contributed by atoms with Gasteiger partial charge < -0.3 is 4.90 Å². The van der Waals surface area contributed by atoms with Crippen LogP contribution >= 0.6 is 0 Å².